The first-order valence-electron chi connectivity index (χ1n) is 7.40. The van der Waals surface area contributed by atoms with Crippen molar-refractivity contribution in [2.75, 3.05) is 0 Å². The van der Waals surface area contributed by atoms with E-state index in [4.69, 9.17) is 0 Å². The Morgan fingerprint density at radius 3 is 2.26 bits per heavy atom. The van der Waals surface area contributed by atoms with Crippen molar-refractivity contribution in [2.45, 2.75) is 53.8 Å². The Labute approximate surface area is 119 Å². The zero-order valence-corrected chi connectivity index (χ0v) is 13.2. The third kappa shape index (κ3) is 4.13. The number of hydrogen-bond acceptors (Lipinski definition) is 0. The summed E-state index contributed by atoms with van der Waals surface area (Å²) in [7, 11) is 0. The molecule has 0 amide bonds. The van der Waals surface area contributed by atoms with E-state index in [2.05, 4.69) is 65.5 Å². The van der Waals surface area contributed by atoms with E-state index in [9.17, 15) is 0 Å². The summed E-state index contributed by atoms with van der Waals surface area (Å²) in [5.41, 5.74) is 6.89. The zero-order valence-electron chi connectivity index (χ0n) is 13.2. The highest BCUT2D eigenvalue weighted by molar-refractivity contribution is 6.81. The summed E-state index contributed by atoms with van der Waals surface area (Å²) in [5.74, 6) is 0. The molecule has 102 valence electrons. The highest BCUT2D eigenvalue weighted by Crippen LogP contribution is 2.16. The molecule has 0 radical (unpaired) electrons. The van der Waals surface area contributed by atoms with Gasteiger partial charge in [-0.1, -0.05) is 78.0 Å². The average molecular weight is 254 g/mol. The highest BCUT2D eigenvalue weighted by Gasteiger charge is 2.21. The van der Waals surface area contributed by atoms with Crippen molar-refractivity contribution in [3.63, 3.8) is 0 Å². The number of hydrogen-bond donors (Lipinski definition) is 0. The molecule has 0 aromatic heterocycles. The quantitative estimate of drug-likeness (QED) is 0.506. The van der Waals surface area contributed by atoms with Gasteiger partial charge in [0.15, 0.2) is 0 Å². The minimum Gasteiger partial charge on any atom is -0.104 e. The first-order chi connectivity index (χ1) is 9.01. The van der Waals surface area contributed by atoms with Crippen LogP contribution in [0, 0.1) is 20.8 Å². The SMILES string of the molecule is C=C(/C=C/C)B(CCCC)c1c(C)cc(C)cc1C. The molecule has 0 aliphatic carbocycles. The fourth-order valence-electron chi connectivity index (χ4n) is 2.99. The predicted molar refractivity (Wildman–Crippen MR) is 89.7 cm³/mol. The fraction of sp³-hybridized carbons (Fsp3) is 0.444. The average Bonchev–Trinajstić information content (AvgIpc) is 2.32. The molecule has 0 saturated carbocycles. The highest BCUT2D eigenvalue weighted by atomic mass is 14.0. The van der Waals surface area contributed by atoms with Gasteiger partial charge < -0.3 is 0 Å². The van der Waals surface area contributed by atoms with Crippen LogP contribution in [0.3, 0.4) is 0 Å². The van der Waals surface area contributed by atoms with Crippen molar-refractivity contribution in [3.05, 3.63) is 53.0 Å². The van der Waals surface area contributed by atoms with Crippen LogP contribution in [0.2, 0.25) is 6.32 Å². The second-order valence-electron chi connectivity index (χ2n) is 5.58. The number of aryl methyl sites for hydroxylation is 3. The maximum atomic E-state index is 4.29. The lowest BCUT2D eigenvalue weighted by Crippen LogP contribution is -2.36. The van der Waals surface area contributed by atoms with E-state index in [1.54, 1.807) is 0 Å². The molecule has 0 bridgehead atoms. The summed E-state index contributed by atoms with van der Waals surface area (Å²) in [6, 6.07) is 4.59. The van der Waals surface area contributed by atoms with E-state index < -0.39 is 0 Å². The first kappa shape index (κ1) is 15.8. The van der Waals surface area contributed by atoms with Crippen molar-refractivity contribution in [1.29, 1.82) is 0 Å². The zero-order chi connectivity index (χ0) is 14.4. The third-order valence-corrected chi connectivity index (χ3v) is 3.76. The van der Waals surface area contributed by atoms with Crippen LogP contribution < -0.4 is 5.46 Å². The van der Waals surface area contributed by atoms with Gasteiger partial charge in [0.1, 0.15) is 0 Å². The van der Waals surface area contributed by atoms with E-state index in [1.807, 2.05) is 0 Å². The molecular weight excluding hydrogens is 227 g/mol. The van der Waals surface area contributed by atoms with E-state index in [0.29, 0.717) is 6.71 Å². The van der Waals surface area contributed by atoms with Crippen LogP contribution in [-0.2, 0) is 0 Å². The van der Waals surface area contributed by atoms with Crippen LogP contribution in [0.25, 0.3) is 0 Å². The van der Waals surface area contributed by atoms with Gasteiger partial charge in [0, 0.05) is 0 Å². The molecule has 1 aromatic carbocycles. The lowest BCUT2D eigenvalue weighted by Gasteiger charge is -2.20. The van der Waals surface area contributed by atoms with E-state index in [1.165, 1.54) is 46.8 Å². The second kappa shape index (κ2) is 7.38. The molecule has 1 aromatic rings. The van der Waals surface area contributed by atoms with Crippen molar-refractivity contribution in [1.82, 2.24) is 0 Å². The molecule has 0 atom stereocenters. The Morgan fingerprint density at radius 2 is 1.79 bits per heavy atom. The summed E-state index contributed by atoms with van der Waals surface area (Å²) in [6.07, 6.45) is 7.96. The fourth-order valence-corrected chi connectivity index (χ4v) is 2.99. The van der Waals surface area contributed by atoms with E-state index in [0.717, 1.165) is 0 Å². The molecule has 0 aliphatic rings. The van der Waals surface area contributed by atoms with Crippen molar-refractivity contribution < 1.29 is 0 Å². The summed E-state index contributed by atoms with van der Waals surface area (Å²) >= 11 is 0. The molecule has 1 heteroatoms. The monoisotopic (exact) mass is 254 g/mol. The molecule has 0 heterocycles. The summed E-state index contributed by atoms with van der Waals surface area (Å²) < 4.78 is 0. The van der Waals surface area contributed by atoms with E-state index >= 15 is 0 Å². The van der Waals surface area contributed by atoms with Crippen LogP contribution in [0.5, 0.6) is 0 Å². The maximum absolute atomic E-state index is 4.29. The first-order valence-corrected chi connectivity index (χ1v) is 7.40. The smallest absolute Gasteiger partial charge is 0.104 e. The molecule has 0 saturated heterocycles. The summed E-state index contributed by atoms with van der Waals surface area (Å²) in [6.45, 7) is 15.7. The Kier molecular flexibility index (Phi) is 6.14. The van der Waals surface area contributed by atoms with Crippen LogP contribution in [0.15, 0.2) is 36.3 Å². The molecule has 1 rings (SSSR count). The van der Waals surface area contributed by atoms with Gasteiger partial charge in [-0.25, -0.2) is 0 Å². The minimum absolute atomic E-state index is 0.469. The van der Waals surface area contributed by atoms with Gasteiger partial charge >= 0.3 is 0 Å². The van der Waals surface area contributed by atoms with E-state index in [-0.39, 0.29) is 0 Å². The number of allylic oxidation sites excluding steroid dienone is 3. The topological polar surface area (TPSA) is 0 Å². The lowest BCUT2D eigenvalue weighted by molar-refractivity contribution is 0.877. The standard InChI is InChI=1S/C18H27B/c1-7-9-11-19(17(6)10-8-2)18-15(4)12-14(3)13-16(18)5/h8,10,12-13H,6-7,9,11H2,1-5H3/b10-8+. The normalized spacial score (nSPS) is 11.0. The lowest BCUT2D eigenvalue weighted by atomic mass is 9.36. The molecule has 0 fully saturated rings. The molecule has 0 nitrogen and oxygen atoms in total. The predicted octanol–water partition coefficient (Wildman–Crippen LogP) is 4.79. The third-order valence-electron chi connectivity index (χ3n) is 3.76. The van der Waals surface area contributed by atoms with Gasteiger partial charge in [-0.15, -0.1) is 6.58 Å². The van der Waals surface area contributed by atoms with Gasteiger partial charge in [0.25, 0.3) is 0 Å². The molecular formula is C18H27B. The molecule has 0 spiro atoms. The van der Waals surface area contributed by atoms with Crippen LogP contribution in [-0.4, -0.2) is 6.71 Å². The minimum atomic E-state index is 0.469. The maximum Gasteiger partial charge on any atom is 0.209 e. The number of unbranched alkanes of at least 4 members (excludes halogenated alkanes) is 1. The van der Waals surface area contributed by atoms with Gasteiger partial charge in [0.05, 0.1) is 0 Å². The van der Waals surface area contributed by atoms with Gasteiger partial charge in [-0.05, 0) is 27.7 Å². The second-order valence-corrected chi connectivity index (χ2v) is 5.58. The molecule has 0 N–H and O–H groups in total. The largest absolute Gasteiger partial charge is 0.209 e. The van der Waals surface area contributed by atoms with Crippen LogP contribution in [0.4, 0.5) is 0 Å². The Hall–Kier alpha value is -1.24. The Bertz CT molecular complexity index is 446. The Morgan fingerprint density at radius 1 is 1.21 bits per heavy atom. The number of rotatable bonds is 6. The van der Waals surface area contributed by atoms with Crippen LogP contribution >= 0.6 is 0 Å². The summed E-state index contributed by atoms with van der Waals surface area (Å²) in [4.78, 5) is 0. The number of benzene rings is 1. The molecule has 0 aliphatic heterocycles. The molecule has 0 unspecified atom stereocenters. The van der Waals surface area contributed by atoms with Crippen molar-refractivity contribution in [2.24, 2.45) is 0 Å². The van der Waals surface area contributed by atoms with Gasteiger partial charge in [0.2, 0.25) is 6.71 Å². The van der Waals surface area contributed by atoms with Gasteiger partial charge in [-0.3, -0.25) is 0 Å². The molecule has 19 heavy (non-hydrogen) atoms. The van der Waals surface area contributed by atoms with Gasteiger partial charge in [-0.2, -0.15) is 0 Å². The Balaban J connectivity index is 3.20. The summed E-state index contributed by atoms with van der Waals surface area (Å²) in [5, 5.41) is 0. The van der Waals surface area contributed by atoms with Crippen LogP contribution in [0.1, 0.15) is 43.4 Å². The van der Waals surface area contributed by atoms with Crippen molar-refractivity contribution in [3.8, 4) is 0 Å². The van der Waals surface area contributed by atoms with Crippen molar-refractivity contribution >= 4 is 12.2 Å².